The molecule has 1 aliphatic heterocycles. The normalized spacial score (nSPS) is 19.1. The fraction of sp³-hybridized carbons (Fsp3) is 0.263. The van der Waals surface area contributed by atoms with Gasteiger partial charge in [-0.2, -0.15) is 13.2 Å². The summed E-state index contributed by atoms with van der Waals surface area (Å²) >= 11 is 5.72. The molecule has 1 heterocycles. The van der Waals surface area contributed by atoms with Crippen LogP contribution in [0.3, 0.4) is 0 Å². The molecule has 11 heteroatoms. The lowest BCUT2D eigenvalue weighted by atomic mass is 10.2. The average molecular weight is 447 g/mol. The minimum atomic E-state index is -4.53. The van der Waals surface area contributed by atoms with Crippen molar-refractivity contribution in [2.75, 3.05) is 11.4 Å². The van der Waals surface area contributed by atoms with Crippen molar-refractivity contribution in [3.63, 3.8) is 0 Å². The first-order chi connectivity index (χ1) is 14.0. The molecule has 2 amide bonds. The monoisotopic (exact) mass is 446 g/mol. The summed E-state index contributed by atoms with van der Waals surface area (Å²) in [5.41, 5.74) is -0.448. The van der Waals surface area contributed by atoms with Gasteiger partial charge in [-0.25, -0.2) is 9.18 Å². The molecule has 160 valence electrons. The SMILES string of the molecule is O=C(NCc1cc(F)cc(Cl)c1)O[C@]1(O)CCN(c2ccc(C(F)(F)F)cc2)C1=O. The van der Waals surface area contributed by atoms with Crippen LogP contribution < -0.4 is 10.2 Å². The van der Waals surface area contributed by atoms with Crippen LogP contribution in [0.15, 0.2) is 42.5 Å². The zero-order chi connectivity index (χ0) is 22.1. The topological polar surface area (TPSA) is 78.9 Å². The summed E-state index contributed by atoms with van der Waals surface area (Å²) in [6, 6.07) is 7.40. The van der Waals surface area contributed by atoms with Crippen molar-refractivity contribution in [1.29, 1.82) is 0 Å². The smallest absolute Gasteiger partial charge is 0.407 e. The van der Waals surface area contributed by atoms with E-state index in [9.17, 15) is 32.3 Å². The van der Waals surface area contributed by atoms with Crippen LogP contribution in [-0.4, -0.2) is 29.4 Å². The van der Waals surface area contributed by atoms with E-state index in [1.165, 1.54) is 6.07 Å². The maximum absolute atomic E-state index is 13.3. The van der Waals surface area contributed by atoms with Crippen molar-refractivity contribution in [1.82, 2.24) is 5.32 Å². The van der Waals surface area contributed by atoms with Crippen LogP contribution >= 0.6 is 11.6 Å². The lowest BCUT2D eigenvalue weighted by molar-refractivity contribution is -0.175. The molecule has 1 atom stereocenters. The molecule has 1 fully saturated rings. The first kappa shape index (κ1) is 21.8. The van der Waals surface area contributed by atoms with Gasteiger partial charge in [-0.1, -0.05) is 11.6 Å². The molecule has 0 saturated carbocycles. The van der Waals surface area contributed by atoms with E-state index in [4.69, 9.17) is 16.3 Å². The van der Waals surface area contributed by atoms with Crippen LogP contribution in [-0.2, 0) is 22.3 Å². The predicted octanol–water partition coefficient (Wildman–Crippen LogP) is 3.85. The Morgan fingerprint density at radius 2 is 1.90 bits per heavy atom. The fourth-order valence-corrected chi connectivity index (χ4v) is 3.18. The molecular weight excluding hydrogens is 432 g/mol. The Balaban J connectivity index is 1.62. The lowest BCUT2D eigenvalue weighted by Crippen LogP contribution is -2.46. The molecule has 0 bridgehead atoms. The minimum Gasteiger partial charge on any atom is -0.407 e. The summed E-state index contributed by atoms with van der Waals surface area (Å²) in [5, 5.41) is 12.8. The average Bonchev–Trinajstić information content (AvgIpc) is 2.93. The third kappa shape index (κ3) is 4.82. The van der Waals surface area contributed by atoms with E-state index < -0.39 is 35.3 Å². The maximum Gasteiger partial charge on any atom is 0.416 e. The highest BCUT2D eigenvalue weighted by atomic mass is 35.5. The number of nitrogens with one attached hydrogen (secondary N) is 1. The summed E-state index contributed by atoms with van der Waals surface area (Å²) in [5.74, 6) is -4.08. The first-order valence-corrected chi connectivity index (χ1v) is 8.99. The number of hydrogen-bond acceptors (Lipinski definition) is 4. The number of anilines is 1. The fourth-order valence-electron chi connectivity index (χ4n) is 2.93. The van der Waals surface area contributed by atoms with Gasteiger partial charge in [0.1, 0.15) is 5.82 Å². The van der Waals surface area contributed by atoms with E-state index in [1.54, 1.807) is 0 Å². The summed E-state index contributed by atoms with van der Waals surface area (Å²) in [6.45, 7) is -0.253. The van der Waals surface area contributed by atoms with Crippen LogP contribution in [0.2, 0.25) is 5.02 Å². The lowest BCUT2D eigenvalue weighted by Gasteiger charge is -2.22. The molecule has 0 unspecified atom stereocenters. The van der Waals surface area contributed by atoms with E-state index >= 15 is 0 Å². The number of carbonyl (C=O) groups excluding carboxylic acids is 2. The van der Waals surface area contributed by atoms with Crippen LogP contribution in [0.1, 0.15) is 17.5 Å². The van der Waals surface area contributed by atoms with E-state index in [1.807, 2.05) is 0 Å². The zero-order valence-electron chi connectivity index (χ0n) is 15.2. The Morgan fingerprint density at radius 3 is 2.50 bits per heavy atom. The third-order valence-corrected chi connectivity index (χ3v) is 4.60. The van der Waals surface area contributed by atoms with Gasteiger partial charge in [0.2, 0.25) is 0 Å². The van der Waals surface area contributed by atoms with Crippen molar-refractivity contribution < 1.29 is 37.0 Å². The summed E-state index contributed by atoms with van der Waals surface area (Å²) in [4.78, 5) is 25.5. The summed E-state index contributed by atoms with van der Waals surface area (Å²) in [6.07, 6.45) is -5.95. The molecule has 0 spiro atoms. The maximum atomic E-state index is 13.3. The molecule has 2 aromatic rings. The molecule has 1 aliphatic rings. The Bertz CT molecular complexity index is 948. The first-order valence-electron chi connectivity index (χ1n) is 8.61. The van der Waals surface area contributed by atoms with Crippen molar-refractivity contribution in [3.05, 3.63) is 64.4 Å². The highest BCUT2D eigenvalue weighted by molar-refractivity contribution is 6.30. The quantitative estimate of drug-likeness (QED) is 0.552. The van der Waals surface area contributed by atoms with Gasteiger partial charge in [-0.05, 0) is 48.0 Å². The molecule has 0 aliphatic carbocycles. The largest absolute Gasteiger partial charge is 0.416 e. The Hall–Kier alpha value is -2.85. The van der Waals surface area contributed by atoms with E-state index in [2.05, 4.69) is 5.32 Å². The molecule has 0 aromatic heterocycles. The van der Waals surface area contributed by atoms with E-state index in [0.717, 1.165) is 41.3 Å². The number of amides is 2. The summed E-state index contributed by atoms with van der Waals surface area (Å²) in [7, 11) is 0. The second-order valence-corrected chi connectivity index (χ2v) is 6.99. The highest BCUT2D eigenvalue weighted by Gasteiger charge is 2.49. The van der Waals surface area contributed by atoms with Gasteiger partial charge in [-0.3, -0.25) is 4.79 Å². The molecule has 6 nitrogen and oxygen atoms in total. The molecule has 2 aromatic carbocycles. The number of nitrogens with zero attached hydrogens (tertiary/aromatic N) is 1. The number of alkyl halides is 3. The zero-order valence-corrected chi connectivity index (χ0v) is 15.9. The van der Waals surface area contributed by atoms with Crippen LogP contribution in [0.25, 0.3) is 0 Å². The molecular formula is C19H15ClF4N2O4. The highest BCUT2D eigenvalue weighted by Crippen LogP contribution is 2.33. The van der Waals surface area contributed by atoms with Gasteiger partial charge < -0.3 is 20.1 Å². The van der Waals surface area contributed by atoms with Gasteiger partial charge in [0.25, 0.3) is 11.7 Å². The third-order valence-electron chi connectivity index (χ3n) is 4.38. The van der Waals surface area contributed by atoms with Crippen LogP contribution in [0, 0.1) is 5.82 Å². The molecule has 3 rings (SSSR count). The van der Waals surface area contributed by atoms with Gasteiger partial charge in [0.15, 0.2) is 0 Å². The second kappa shape index (κ2) is 8.11. The molecule has 30 heavy (non-hydrogen) atoms. The molecule has 2 N–H and O–H groups in total. The Morgan fingerprint density at radius 1 is 1.23 bits per heavy atom. The number of hydrogen-bond donors (Lipinski definition) is 2. The summed E-state index contributed by atoms with van der Waals surface area (Å²) < 4.78 is 56.1. The van der Waals surface area contributed by atoms with Crippen LogP contribution in [0.5, 0.6) is 0 Å². The number of rotatable bonds is 4. The molecule has 0 radical (unpaired) electrons. The number of carbonyl (C=O) groups is 2. The number of benzene rings is 2. The standard InChI is InChI=1S/C19H15ClF4N2O4/c20-13-7-11(8-14(21)9-13)10-25-17(28)30-18(29)5-6-26(16(18)27)15-3-1-12(2-4-15)19(22,23)24/h1-4,7-9,29H,5-6,10H2,(H,25,28)/t18-/m1/s1. The molecule has 1 saturated heterocycles. The van der Waals surface area contributed by atoms with Crippen molar-refractivity contribution in [2.45, 2.75) is 24.9 Å². The number of ether oxygens (including phenoxy) is 1. The number of halogens is 5. The van der Waals surface area contributed by atoms with Crippen molar-refractivity contribution >= 4 is 29.3 Å². The van der Waals surface area contributed by atoms with Gasteiger partial charge in [0, 0.05) is 30.2 Å². The van der Waals surface area contributed by atoms with E-state index in [-0.39, 0.29) is 30.2 Å². The van der Waals surface area contributed by atoms with Gasteiger partial charge in [-0.15, -0.1) is 0 Å². The van der Waals surface area contributed by atoms with Gasteiger partial charge in [0.05, 0.1) is 5.56 Å². The van der Waals surface area contributed by atoms with Crippen molar-refractivity contribution in [2.24, 2.45) is 0 Å². The van der Waals surface area contributed by atoms with Crippen LogP contribution in [0.4, 0.5) is 28.0 Å². The Labute approximate surface area is 173 Å². The van der Waals surface area contributed by atoms with Crippen molar-refractivity contribution in [3.8, 4) is 0 Å². The minimum absolute atomic E-state index is 0.0759. The number of aliphatic hydroxyl groups is 1. The number of alkyl carbamates (subject to hydrolysis) is 1. The predicted molar refractivity (Wildman–Crippen MR) is 98.1 cm³/mol. The Kier molecular flexibility index (Phi) is 5.91. The van der Waals surface area contributed by atoms with Gasteiger partial charge >= 0.3 is 12.3 Å². The van der Waals surface area contributed by atoms with E-state index in [0.29, 0.717) is 5.56 Å². The second-order valence-electron chi connectivity index (χ2n) is 6.56.